The van der Waals surface area contributed by atoms with Crippen molar-refractivity contribution in [1.29, 1.82) is 0 Å². The van der Waals surface area contributed by atoms with Crippen molar-refractivity contribution in [3.63, 3.8) is 0 Å². The van der Waals surface area contributed by atoms with Crippen molar-refractivity contribution in [1.82, 2.24) is 0 Å². The molecule has 0 amide bonds. The highest BCUT2D eigenvalue weighted by Crippen LogP contribution is 2.30. The monoisotopic (exact) mass is 309 g/mol. The first-order valence-corrected chi connectivity index (χ1v) is 7.39. The summed E-state index contributed by atoms with van der Waals surface area (Å²) in [5, 5.41) is 18.8. The molecule has 0 radical (unpaired) electrons. The van der Waals surface area contributed by atoms with Crippen LogP contribution in [0.2, 0.25) is 0 Å². The molecule has 0 atom stereocenters. The zero-order valence-electron chi connectivity index (χ0n) is 13.0. The molecule has 1 aromatic carbocycles. The Hall–Kier alpha value is -1.63. The standard InChI is InChI=1S/C16H23NO5/c1-21-16(22-2)11-6-8-17(9-7-11)14-5-3-4-12(15(19)20)13(14)10-18/h3-5,11,16,18H,6-10H2,1-2H3,(H,19,20). The molecule has 2 rings (SSSR count). The van der Waals surface area contributed by atoms with Gasteiger partial charge in [-0.25, -0.2) is 4.79 Å². The fourth-order valence-electron chi connectivity index (χ4n) is 3.13. The zero-order chi connectivity index (χ0) is 16.1. The average Bonchev–Trinajstić information content (AvgIpc) is 2.55. The van der Waals surface area contributed by atoms with Crippen LogP contribution in [0.1, 0.15) is 28.8 Å². The number of benzene rings is 1. The number of hydrogen-bond acceptors (Lipinski definition) is 5. The van der Waals surface area contributed by atoms with Crippen molar-refractivity contribution in [2.24, 2.45) is 5.92 Å². The van der Waals surface area contributed by atoms with Crippen molar-refractivity contribution in [3.05, 3.63) is 29.3 Å². The number of anilines is 1. The van der Waals surface area contributed by atoms with E-state index in [4.69, 9.17) is 9.47 Å². The van der Waals surface area contributed by atoms with Gasteiger partial charge in [0.1, 0.15) is 0 Å². The highest BCUT2D eigenvalue weighted by atomic mass is 16.7. The molecule has 2 N–H and O–H groups in total. The van der Waals surface area contributed by atoms with E-state index in [0.717, 1.165) is 31.6 Å². The second-order valence-electron chi connectivity index (χ2n) is 5.43. The largest absolute Gasteiger partial charge is 0.478 e. The van der Waals surface area contributed by atoms with Crippen LogP contribution >= 0.6 is 0 Å². The van der Waals surface area contributed by atoms with Crippen LogP contribution in [-0.4, -0.2) is 49.8 Å². The first-order valence-electron chi connectivity index (χ1n) is 7.39. The summed E-state index contributed by atoms with van der Waals surface area (Å²) in [5.41, 5.74) is 1.43. The highest BCUT2D eigenvalue weighted by Gasteiger charge is 2.28. The molecule has 0 saturated carbocycles. The van der Waals surface area contributed by atoms with E-state index in [1.807, 2.05) is 6.07 Å². The lowest BCUT2D eigenvalue weighted by Crippen LogP contribution is -2.39. The van der Waals surface area contributed by atoms with Gasteiger partial charge in [0.15, 0.2) is 6.29 Å². The fourth-order valence-corrected chi connectivity index (χ4v) is 3.13. The van der Waals surface area contributed by atoms with E-state index >= 15 is 0 Å². The summed E-state index contributed by atoms with van der Waals surface area (Å²) in [5.74, 6) is -0.689. The molecule has 0 bridgehead atoms. The molecule has 0 aliphatic carbocycles. The topological polar surface area (TPSA) is 79.2 Å². The summed E-state index contributed by atoms with van der Waals surface area (Å²) in [6.07, 6.45) is 1.59. The van der Waals surface area contributed by atoms with Crippen molar-refractivity contribution >= 4 is 11.7 Å². The van der Waals surface area contributed by atoms with E-state index in [0.29, 0.717) is 11.5 Å². The Kier molecular flexibility index (Phi) is 5.76. The van der Waals surface area contributed by atoms with Crippen molar-refractivity contribution in [2.75, 3.05) is 32.2 Å². The second-order valence-corrected chi connectivity index (χ2v) is 5.43. The van der Waals surface area contributed by atoms with Gasteiger partial charge in [-0.15, -0.1) is 0 Å². The Bertz CT molecular complexity index is 507. The summed E-state index contributed by atoms with van der Waals surface area (Å²) in [4.78, 5) is 13.4. The van der Waals surface area contributed by atoms with Gasteiger partial charge in [-0.1, -0.05) is 6.07 Å². The minimum absolute atomic E-state index is 0.161. The summed E-state index contributed by atoms with van der Waals surface area (Å²) >= 11 is 0. The minimum Gasteiger partial charge on any atom is -0.478 e. The molecule has 1 aliphatic heterocycles. The summed E-state index contributed by atoms with van der Waals surface area (Å²) in [6.45, 7) is 1.28. The van der Waals surface area contributed by atoms with Crippen molar-refractivity contribution in [3.8, 4) is 0 Å². The lowest BCUT2D eigenvalue weighted by atomic mass is 9.94. The van der Waals surface area contributed by atoms with Gasteiger partial charge in [0.2, 0.25) is 0 Å². The molecule has 1 saturated heterocycles. The number of hydrogen-bond donors (Lipinski definition) is 2. The predicted molar refractivity (Wildman–Crippen MR) is 82.1 cm³/mol. The maximum absolute atomic E-state index is 11.3. The number of carbonyl (C=O) groups is 1. The first kappa shape index (κ1) is 16.7. The molecule has 122 valence electrons. The predicted octanol–water partition coefficient (Wildman–Crippen LogP) is 1.71. The number of aliphatic hydroxyl groups is 1. The van der Waals surface area contributed by atoms with E-state index in [2.05, 4.69) is 4.90 Å². The summed E-state index contributed by atoms with van der Waals surface area (Å²) in [6, 6.07) is 5.11. The third-order valence-corrected chi connectivity index (χ3v) is 4.27. The Morgan fingerprint density at radius 1 is 1.32 bits per heavy atom. The fraction of sp³-hybridized carbons (Fsp3) is 0.562. The van der Waals surface area contributed by atoms with Gasteiger partial charge >= 0.3 is 5.97 Å². The Balaban J connectivity index is 2.15. The van der Waals surface area contributed by atoms with Crippen LogP contribution < -0.4 is 4.90 Å². The summed E-state index contributed by atoms with van der Waals surface area (Å²) in [7, 11) is 3.28. The molecule has 1 heterocycles. The number of nitrogens with zero attached hydrogens (tertiary/aromatic N) is 1. The van der Waals surface area contributed by atoms with E-state index in [-0.39, 0.29) is 18.5 Å². The van der Waals surface area contributed by atoms with Crippen LogP contribution in [0.25, 0.3) is 0 Å². The van der Waals surface area contributed by atoms with Crippen molar-refractivity contribution in [2.45, 2.75) is 25.7 Å². The first-order chi connectivity index (χ1) is 10.6. The van der Waals surface area contributed by atoms with Crippen LogP contribution in [0.4, 0.5) is 5.69 Å². The normalized spacial score (nSPS) is 16.3. The molecular weight excluding hydrogens is 286 g/mol. The molecule has 0 spiro atoms. The molecule has 1 fully saturated rings. The molecule has 0 unspecified atom stereocenters. The molecule has 0 aromatic heterocycles. The lowest BCUT2D eigenvalue weighted by molar-refractivity contribution is -0.141. The van der Waals surface area contributed by atoms with E-state index < -0.39 is 5.97 Å². The maximum Gasteiger partial charge on any atom is 0.336 e. The van der Waals surface area contributed by atoms with Gasteiger partial charge in [0.05, 0.1) is 12.2 Å². The van der Waals surface area contributed by atoms with Gasteiger partial charge in [-0.3, -0.25) is 0 Å². The van der Waals surface area contributed by atoms with Crippen LogP contribution in [0.5, 0.6) is 0 Å². The average molecular weight is 309 g/mol. The molecule has 22 heavy (non-hydrogen) atoms. The van der Waals surface area contributed by atoms with Crippen LogP contribution in [0.3, 0.4) is 0 Å². The molecule has 1 aromatic rings. The SMILES string of the molecule is COC(OC)C1CCN(c2cccc(C(=O)O)c2CO)CC1. The third-order valence-electron chi connectivity index (χ3n) is 4.27. The van der Waals surface area contributed by atoms with Crippen LogP contribution in [0, 0.1) is 5.92 Å². The summed E-state index contributed by atoms with van der Waals surface area (Å²) < 4.78 is 10.6. The van der Waals surface area contributed by atoms with E-state index in [1.165, 1.54) is 6.07 Å². The van der Waals surface area contributed by atoms with E-state index in [9.17, 15) is 15.0 Å². The molecule has 6 nitrogen and oxygen atoms in total. The number of ether oxygens (including phenoxy) is 2. The lowest BCUT2D eigenvalue weighted by Gasteiger charge is -2.37. The Labute approximate surface area is 130 Å². The van der Waals surface area contributed by atoms with Gasteiger partial charge in [0, 0.05) is 44.5 Å². The number of piperidine rings is 1. The van der Waals surface area contributed by atoms with Gasteiger partial charge < -0.3 is 24.6 Å². The van der Waals surface area contributed by atoms with Gasteiger partial charge in [-0.05, 0) is 25.0 Å². The van der Waals surface area contributed by atoms with Crippen LogP contribution in [0.15, 0.2) is 18.2 Å². The number of aromatic carboxylic acids is 1. The van der Waals surface area contributed by atoms with Crippen LogP contribution in [-0.2, 0) is 16.1 Å². The minimum atomic E-state index is -1.01. The molecular formula is C16H23NO5. The van der Waals surface area contributed by atoms with Crippen molar-refractivity contribution < 1.29 is 24.5 Å². The number of methoxy groups -OCH3 is 2. The zero-order valence-corrected chi connectivity index (χ0v) is 13.0. The third kappa shape index (κ3) is 3.40. The second kappa shape index (κ2) is 7.58. The number of aliphatic hydroxyl groups excluding tert-OH is 1. The Morgan fingerprint density at radius 3 is 2.45 bits per heavy atom. The number of carboxylic acid groups (broad SMARTS) is 1. The molecule has 6 heteroatoms. The van der Waals surface area contributed by atoms with Gasteiger partial charge in [-0.2, -0.15) is 0 Å². The number of rotatable bonds is 6. The highest BCUT2D eigenvalue weighted by molar-refractivity contribution is 5.91. The molecule has 1 aliphatic rings. The smallest absolute Gasteiger partial charge is 0.336 e. The van der Waals surface area contributed by atoms with E-state index in [1.54, 1.807) is 20.3 Å². The Morgan fingerprint density at radius 2 is 1.95 bits per heavy atom. The van der Waals surface area contributed by atoms with Gasteiger partial charge in [0.25, 0.3) is 0 Å². The quantitative estimate of drug-likeness (QED) is 0.779. The maximum atomic E-state index is 11.3. The number of carboxylic acids is 1.